The van der Waals surface area contributed by atoms with Gasteiger partial charge in [-0.3, -0.25) is 4.79 Å². The maximum atomic E-state index is 11.8. The van der Waals surface area contributed by atoms with Gasteiger partial charge in [-0.25, -0.2) is 4.98 Å². The largest absolute Gasteiger partial charge is 0.378 e. The third-order valence-corrected chi connectivity index (χ3v) is 3.36. The zero-order valence-electron chi connectivity index (χ0n) is 10.2. The van der Waals surface area contributed by atoms with Crippen molar-refractivity contribution in [3.8, 4) is 11.4 Å². The zero-order chi connectivity index (χ0) is 13.1. The van der Waals surface area contributed by atoms with Gasteiger partial charge in [0.25, 0.3) is 5.56 Å². The summed E-state index contributed by atoms with van der Waals surface area (Å²) in [6, 6.07) is 7.82. The van der Waals surface area contributed by atoms with E-state index in [1.807, 2.05) is 31.2 Å². The maximum Gasteiger partial charge on any atom is 0.265 e. The minimum Gasteiger partial charge on any atom is -0.378 e. The lowest BCUT2D eigenvalue weighted by atomic mass is 10.1. The number of H-pyrrole nitrogens is 1. The van der Waals surface area contributed by atoms with Gasteiger partial charge in [0.05, 0.1) is 12.3 Å². The van der Waals surface area contributed by atoms with Crippen molar-refractivity contribution < 1.29 is 4.74 Å². The van der Waals surface area contributed by atoms with Crippen molar-refractivity contribution in [2.24, 2.45) is 0 Å². The van der Waals surface area contributed by atoms with E-state index in [1.54, 1.807) is 7.11 Å². The van der Waals surface area contributed by atoms with Gasteiger partial charge < -0.3 is 9.72 Å². The first-order valence-electron chi connectivity index (χ1n) is 5.46. The fourth-order valence-corrected chi connectivity index (χ4v) is 1.89. The number of benzene rings is 1. The summed E-state index contributed by atoms with van der Waals surface area (Å²) in [5.74, 6) is 0.551. The predicted molar refractivity (Wildman–Crippen MR) is 73.4 cm³/mol. The molecule has 0 radical (unpaired) electrons. The van der Waals surface area contributed by atoms with Crippen LogP contribution in [0.4, 0.5) is 0 Å². The van der Waals surface area contributed by atoms with E-state index in [9.17, 15) is 4.79 Å². The number of ether oxygens (including phenoxy) is 1. The molecule has 0 aliphatic rings. The molecule has 1 aromatic carbocycles. The van der Waals surface area contributed by atoms with Gasteiger partial charge in [-0.2, -0.15) is 0 Å². The maximum absolute atomic E-state index is 11.8. The highest BCUT2D eigenvalue weighted by Gasteiger charge is 2.09. The van der Waals surface area contributed by atoms with Crippen molar-refractivity contribution in [1.29, 1.82) is 0 Å². The number of aryl methyl sites for hydroxylation is 1. The summed E-state index contributed by atoms with van der Waals surface area (Å²) in [5, 5.41) is 0. The summed E-state index contributed by atoms with van der Waals surface area (Å²) >= 11 is 3.21. The number of aromatic nitrogens is 2. The van der Waals surface area contributed by atoms with Crippen LogP contribution in [0.2, 0.25) is 0 Å². The molecule has 0 saturated carbocycles. The fourth-order valence-electron chi connectivity index (χ4n) is 1.59. The van der Waals surface area contributed by atoms with Gasteiger partial charge in [-0.1, -0.05) is 29.8 Å². The molecule has 2 rings (SSSR count). The fraction of sp³-hybridized carbons (Fsp3) is 0.231. The normalized spacial score (nSPS) is 10.6. The first kappa shape index (κ1) is 13.0. The van der Waals surface area contributed by atoms with E-state index in [1.165, 1.54) is 0 Å². The van der Waals surface area contributed by atoms with Crippen molar-refractivity contribution in [1.82, 2.24) is 9.97 Å². The van der Waals surface area contributed by atoms with Crippen LogP contribution in [0.25, 0.3) is 11.4 Å². The molecule has 0 bridgehead atoms. The number of halogens is 1. The molecule has 4 nitrogen and oxygen atoms in total. The second-order valence-electron chi connectivity index (χ2n) is 3.97. The lowest BCUT2D eigenvalue weighted by molar-refractivity contribution is 0.180. The second kappa shape index (κ2) is 5.46. The molecule has 18 heavy (non-hydrogen) atoms. The van der Waals surface area contributed by atoms with Gasteiger partial charge in [-0.15, -0.1) is 0 Å². The van der Waals surface area contributed by atoms with Crippen LogP contribution < -0.4 is 5.56 Å². The zero-order valence-corrected chi connectivity index (χ0v) is 11.7. The van der Waals surface area contributed by atoms with Crippen molar-refractivity contribution >= 4 is 15.9 Å². The van der Waals surface area contributed by atoms with Gasteiger partial charge in [0.1, 0.15) is 10.3 Å². The molecular formula is C13H13BrN2O2. The van der Waals surface area contributed by atoms with Crippen LogP contribution >= 0.6 is 15.9 Å². The van der Waals surface area contributed by atoms with Gasteiger partial charge in [0.2, 0.25) is 0 Å². The first-order valence-corrected chi connectivity index (χ1v) is 6.26. The topological polar surface area (TPSA) is 55.0 Å². The van der Waals surface area contributed by atoms with Crippen molar-refractivity contribution in [2.75, 3.05) is 7.11 Å². The minimum atomic E-state index is -0.201. The van der Waals surface area contributed by atoms with Crippen LogP contribution in [0.15, 0.2) is 33.5 Å². The average Bonchev–Trinajstić information content (AvgIpc) is 2.36. The van der Waals surface area contributed by atoms with E-state index in [2.05, 4.69) is 25.9 Å². The van der Waals surface area contributed by atoms with Crippen molar-refractivity contribution in [3.05, 3.63) is 50.3 Å². The molecule has 94 valence electrons. The van der Waals surface area contributed by atoms with Crippen LogP contribution in [0.3, 0.4) is 0 Å². The van der Waals surface area contributed by atoms with Crippen LogP contribution in [0.5, 0.6) is 0 Å². The predicted octanol–water partition coefficient (Wildman–Crippen LogP) is 2.65. The summed E-state index contributed by atoms with van der Waals surface area (Å²) in [6.07, 6.45) is 0. The molecule has 1 aromatic heterocycles. The van der Waals surface area contributed by atoms with E-state index < -0.39 is 0 Å². The molecular weight excluding hydrogens is 296 g/mol. The van der Waals surface area contributed by atoms with Crippen LogP contribution in [-0.4, -0.2) is 17.1 Å². The number of aromatic amines is 1. The third kappa shape index (κ3) is 2.68. The van der Waals surface area contributed by atoms with E-state index in [-0.39, 0.29) is 5.56 Å². The lowest BCUT2D eigenvalue weighted by Gasteiger charge is -2.06. The number of nitrogens with one attached hydrogen (secondary N) is 1. The third-order valence-electron chi connectivity index (χ3n) is 2.54. The second-order valence-corrected chi connectivity index (χ2v) is 4.77. The van der Waals surface area contributed by atoms with Gasteiger partial charge in [0.15, 0.2) is 0 Å². The Kier molecular flexibility index (Phi) is 3.93. The van der Waals surface area contributed by atoms with Crippen LogP contribution in [0.1, 0.15) is 11.3 Å². The Labute approximate surface area is 113 Å². The molecule has 0 amide bonds. The molecule has 2 aromatic rings. The molecule has 0 aliphatic carbocycles. The molecule has 0 unspecified atom stereocenters. The van der Waals surface area contributed by atoms with E-state index in [0.29, 0.717) is 22.6 Å². The molecule has 5 heteroatoms. The Morgan fingerprint density at radius 3 is 2.61 bits per heavy atom. The Balaban J connectivity index is 2.51. The molecule has 0 aliphatic heterocycles. The number of hydrogen-bond acceptors (Lipinski definition) is 3. The first-order chi connectivity index (χ1) is 8.61. The van der Waals surface area contributed by atoms with E-state index in [0.717, 1.165) is 11.1 Å². The average molecular weight is 309 g/mol. The number of hydrogen-bond donors (Lipinski definition) is 1. The highest BCUT2D eigenvalue weighted by atomic mass is 79.9. The quantitative estimate of drug-likeness (QED) is 0.948. The standard InChI is InChI=1S/C13H13BrN2O2/c1-8-3-5-9(6-4-8)12-15-10(7-18-2)11(14)13(17)16-12/h3-6H,7H2,1-2H3,(H,15,16,17). The number of nitrogens with zero attached hydrogens (tertiary/aromatic N) is 1. The van der Waals surface area contributed by atoms with E-state index in [4.69, 9.17) is 4.74 Å². The molecule has 0 saturated heterocycles. The summed E-state index contributed by atoms with van der Waals surface area (Å²) in [5.41, 5.74) is 2.43. The SMILES string of the molecule is COCc1nc(-c2ccc(C)cc2)[nH]c(=O)c1Br. The monoisotopic (exact) mass is 308 g/mol. The summed E-state index contributed by atoms with van der Waals surface area (Å²) in [4.78, 5) is 18.9. The summed E-state index contributed by atoms with van der Waals surface area (Å²) in [6.45, 7) is 2.31. The summed E-state index contributed by atoms with van der Waals surface area (Å²) < 4.78 is 5.45. The van der Waals surface area contributed by atoms with Crippen molar-refractivity contribution in [3.63, 3.8) is 0 Å². The Bertz CT molecular complexity index is 605. The van der Waals surface area contributed by atoms with Crippen LogP contribution in [0, 0.1) is 6.92 Å². The molecule has 0 fully saturated rings. The van der Waals surface area contributed by atoms with Crippen molar-refractivity contribution in [2.45, 2.75) is 13.5 Å². The highest BCUT2D eigenvalue weighted by Crippen LogP contribution is 2.17. The van der Waals surface area contributed by atoms with Gasteiger partial charge in [0, 0.05) is 12.7 Å². The highest BCUT2D eigenvalue weighted by molar-refractivity contribution is 9.10. The Hall–Kier alpha value is -1.46. The molecule has 1 heterocycles. The Morgan fingerprint density at radius 1 is 1.33 bits per heavy atom. The summed E-state index contributed by atoms with van der Waals surface area (Å²) in [7, 11) is 1.57. The minimum absolute atomic E-state index is 0.201. The lowest BCUT2D eigenvalue weighted by Crippen LogP contribution is -2.14. The van der Waals surface area contributed by atoms with E-state index >= 15 is 0 Å². The molecule has 0 spiro atoms. The number of rotatable bonds is 3. The molecule has 1 N–H and O–H groups in total. The smallest absolute Gasteiger partial charge is 0.265 e. The van der Waals surface area contributed by atoms with Crippen LogP contribution in [-0.2, 0) is 11.3 Å². The van der Waals surface area contributed by atoms with Gasteiger partial charge in [-0.05, 0) is 22.9 Å². The Morgan fingerprint density at radius 2 is 2.00 bits per heavy atom. The van der Waals surface area contributed by atoms with Gasteiger partial charge >= 0.3 is 0 Å². The number of methoxy groups -OCH3 is 1. The molecule has 0 atom stereocenters.